The molecule has 8 heteroatoms. The summed E-state index contributed by atoms with van der Waals surface area (Å²) < 4.78 is 11.4. The number of anilines is 2. The minimum Gasteiger partial charge on any atom is -0.497 e. The van der Waals surface area contributed by atoms with E-state index in [9.17, 15) is 4.79 Å². The molecule has 2 heterocycles. The van der Waals surface area contributed by atoms with Crippen LogP contribution in [0.15, 0.2) is 54.6 Å². The summed E-state index contributed by atoms with van der Waals surface area (Å²) in [5, 5.41) is 3.88. The number of hydrogen-bond acceptors (Lipinski definition) is 7. The molecule has 160 valence electrons. The van der Waals surface area contributed by atoms with Crippen molar-refractivity contribution in [2.75, 3.05) is 31.0 Å². The molecule has 4 aromatic rings. The summed E-state index contributed by atoms with van der Waals surface area (Å²) in [6.45, 7) is 3.73. The van der Waals surface area contributed by atoms with Gasteiger partial charge in [0.05, 0.1) is 23.8 Å². The number of carbonyl (C=O) groups is 1. The summed E-state index contributed by atoms with van der Waals surface area (Å²) in [6.07, 6.45) is 0. The second kappa shape index (κ2) is 9.36. The first-order valence-electron chi connectivity index (χ1n) is 9.83. The van der Waals surface area contributed by atoms with Crippen molar-refractivity contribution in [3.8, 4) is 11.5 Å². The first-order chi connectivity index (χ1) is 15.1. The minimum absolute atomic E-state index is 0.132. The van der Waals surface area contributed by atoms with E-state index in [2.05, 4.69) is 29.3 Å². The SMILES string of the molecule is CCN(Cc1ccc(OC)cc1)c1nc2sc(C(=O)Nc3ccc(OC)cc3)cc2s1. The molecule has 0 aliphatic heterocycles. The first kappa shape index (κ1) is 21.1. The predicted molar refractivity (Wildman–Crippen MR) is 128 cm³/mol. The average Bonchev–Trinajstić information content (AvgIpc) is 3.38. The van der Waals surface area contributed by atoms with Gasteiger partial charge < -0.3 is 19.7 Å². The van der Waals surface area contributed by atoms with Crippen molar-refractivity contribution in [2.24, 2.45) is 0 Å². The normalized spacial score (nSPS) is 10.8. The van der Waals surface area contributed by atoms with Crippen molar-refractivity contribution in [1.29, 1.82) is 0 Å². The highest BCUT2D eigenvalue weighted by atomic mass is 32.1. The maximum absolute atomic E-state index is 12.6. The van der Waals surface area contributed by atoms with Gasteiger partial charge in [0.15, 0.2) is 5.13 Å². The van der Waals surface area contributed by atoms with Crippen molar-refractivity contribution >= 4 is 48.9 Å². The molecule has 0 saturated carbocycles. The Hall–Kier alpha value is -3.10. The molecule has 0 fully saturated rings. The van der Waals surface area contributed by atoms with E-state index in [1.54, 1.807) is 25.6 Å². The summed E-state index contributed by atoms with van der Waals surface area (Å²) in [4.78, 5) is 21.2. The number of fused-ring (bicyclic) bond motifs is 1. The fourth-order valence-electron chi connectivity index (χ4n) is 3.10. The van der Waals surface area contributed by atoms with Gasteiger partial charge in [-0.25, -0.2) is 4.98 Å². The second-order valence-electron chi connectivity index (χ2n) is 6.82. The molecule has 0 bridgehead atoms. The maximum atomic E-state index is 12.6. The Morgan fingerprint density at radius 3 is 2.23 bits per heavy atom. The molecule has 6 nitrogen and oxygen atoms in total. The molecule has 0 atom stereocenters. The molecular formula is C23H23N3O3S2. The Morgan fingerprint density at radius 2 is 1.65 bits per heavy atom. The lowest BCUT2D eigenvalue weighted by atomic mass is 10.2. The monoisotopic (exact) mass is 453 g/mol. The fraction of sp³-hybridized carbons (Fsp3) is 0.217. The molecule has 0 unspecified atom stereocenters. The molecule has 1 N–H and O–H groups in total. The van der Waals surface area contributed by atoms with Crippen LogP contribution in [0.1, 0.15) is 22.2 Å². The Labute approximate surface area is 189 Å². The largest absolute Gasteiger partial charge is 0.497 e. The topological polar surface area (TPSA) is 63.7 Å². The molecule has 0 aliphatic rings. The minimum atomic E-state index is -0.132. The number of nitrogens with zero attached hydrogens (tertiary/aromatic N) is 2. The smallest absolute Gasteiger partial charge is 0.265 e. The standard InChI is InChI=1S/C23H23N3O3S2/c1-4-26(14-15-5-9-17(28-2)10-6-15)23-25-22-20(31-23)13-19(30-22)21(27)24-16-7-11-18(29-3)12-8-16/h5-13H,4,14H2,1-3H3,(H,24,27). The highest BCUT2D eigenvalue weighted by molar-refractivity contribution is 7.29. The Bertz CT molecular complexity index is 1140. The van der Waals surface area contributed by atoms with E-state index in [4.69, 9.17) is 14.5 Å². The zero-order chi connectivity index (χ0) is 21.8. The third-order valence-electron chi connectivity index (χ3n) is 4.83. The molecule has 0 radical (unpaired) electrons. The number of methoxy groups -OCH3 is 2. The molecule has 31 heavy (non-hydrogen) atoms. The average molecular weight is 454 g/mol. The van der Waals surface area contributed by atoms with Crippen molar-refractivity contribution in [1.82, 2.24) is 4.98 Å². The fourth-order valence-corrected chi connectivity index (χ4v) is 5.27. The van der Waals surface area contributed by atoms with E-state index in [0.717, 1.165) is 44.9 Å². The first-order valence-corrected chi connectivity index (χ1v) is 11.5. The number of ether oxygens (including phenoxy) is 2. The number of thiophene rings is 1. The van der Waals surface area contributed by atoms with E-state index in [1.165, 1.54) is 16.9 Å². The molecule has 0 spiro atoms. The lowest BCUT2D eigenvalue weighted by Gasteiger charge is -2.19. The number of carbonyl (C=O) groups excluding carboxylic acids is 1. The number of amides is 1. The van der Waals surface area contributed by atoms with E-state index < -0.39 is 0 Å². The summed E-state index contributed by atoms with van der Waals surface area (Å²) in [5.41, 5.74) is 1.92. The number of thiazole rings is 1. The zero-order valence-corrected chi connectivity index (χ0v) is 19.2. The van der Waals surface area contributed by atoms with Gasteiger partial charge in [-0.15, -0.1) is 11.3 Å². The van der Waals surface area contributed by atoms with Crippen molar-refractivity contribution in [2.45, 2.75) is 13.5 Å². The molecule has 0 saturated heterocycles. The van der Waals surface area contributed by atoms with E-state index in [1.807, 2.05) is 42.5 Å². The van der Waals surface area contributed by atoms with Crippen LogP contribution in [0, 0.1) is 0 Å². The molecule has 2 aromatic carbocycles. The third kappa shape index (κ3) is 4.81. The van der Waals surface area contributed by atoms with Gasteiger partial charge in [-0.2, -0.15) is 0 Å². The number of aromatic nitrogens is 1. The van der Waals surface area contributed by atoms with Crippen LogP contribution in [0.5, 0.6) is 11.5 Å². The van der Waals surface area contributed by atoms with Crippen LogP contribution < -0.4 is 19.7 Å². The van der Waals surface area contributed by atoms with E-state index in [0.29, 0.717) is 4.88 Å². The molecule has 2 aromatic heterocycles. The van der Waals surface area contributed by atoms with Crippen LogP contribution in [0.25, 0.3) is 9.53 Å². The van der Waals surface area contributed by atoms with Gasteiger partial charge in [0.1, 0.15) is 16.3 Å². The van der Waals surface area contributed by atoms with Crippen LogP contribution in [0.2, 0.25) is 0 Å². The quantitative estimate of drug-likeness (QED) is 0.373. The molecular weight excluding hydrogens is 430 g/mol. The highest BCUT2D eigenvalue weighted by Gasteiger charge is 2.17. The summed E-state index contributed by atoms with van der Waals surface area (Å²) in [7, 11) is 3.28. The summed E-state index contributed by atoms with van der Waals surface area (Å²) >= 11 is 3.02. The lowest BCUT2D eigenvalue weighted by molar-refractivity contribution is 0.103. The van der Waals surface area contributed by atoms with Gasteiger partial charge >= 0.3 is 0 Å². The Balaban J connectivity index is 1.46. The Kier molecular flexibility index (Phi) is 6.39. The van der Waals surface area contributed by atoms with Crippen molar-refractivity contribution < 1.29 is 14.3 Å². The third-order valence-corrected chi connectivity index (χ3v) is 7.05. The van der Waals surface area contributed by atoms with Gasteiger partial charge in [0.2, 0.25) is 0 Å². The predicted octanol–water partition coefficient (Wildman–Crippen LogP) is 5.65. The number of hydrogen-bond donors (Lipinski definition) is 1. The maximum Gasteiger partial charge on any atom is 0.265 e. The number of benzene rings is 2. The van der Waals surface area contributed by atoms with Crippen LogP contribution in [0.4, 0.5) is 10.8 Å². The van der Waals surface area contributed by atoms with Crippen LogP contribution >= 0.6 is 22.7 Å². The number of rotatable bonds is 8. The highest BCUT2D eigenvalue weighted by Crippen LogP contribution is 2.35. The van der Waals surface area contributed by atoms with Crippen molar-refractivity contribution in [3.63, 3.8) is 0 Å². The van der Waals surface area contributed by atoms with Crippen LogP contribution in [0.3, 0.4) is 0 Å². The zero-order valence-electron chi connectivity index (χ0n) is 17.5. The van der Waals surface area contributed by atoms with E-state index in [-0.39, 0.29) is 5.91 Å². The molecule has 4 rings (SSSR count). The van der Waals surface area contributed by atoms with Gasteiger partial charge in [-0.1, -0.05) is 23.5 Å². The van der Waals surface area contributed by atoms with Gasteiger partial charge in [-0.05, 0) is 55.0 Å². The van der Waals surface area contributed by atoms with Gasteiger partial charge in [0, 0.05) is 18.8 Å². The van der Waals surface area contributed by atoms with Crippen molar-refractivity contribution in [3.05, 3.63) is 65.0 Å². The van der Waals surface area contributed by atoms with Crippen LogP contribution in [-0.4, -0.2) is 31.7 Å². The van der Waals surface area contributed by atoms with E-state index >= 15 is 0 Å². The Morgan fingerprint density at radius 1 is 1.00 bits per heavy atom. The number of nitrogens with one attached hydrogen (secondary N) is 1. The molecule has 0 aliphatic carbocycles. The lowest BCUT2D eigenvalue weighted by Crippen LogP contribution is -2.21. The molecule has 1 amide bonds. The second-order valence-corrected chi connectivity index (χ2v) is 8.86. The summed E-state index contributed by atoms with van der Waals surface area (Å²) in [6, 6.07) is 17.3. The van der Waals surface area contributed by atoms with Gasteiger partial charge in [-0.3, -0.25) is 4.79 Å². The van der Waals surface area contributed by atoms with Gasteiger partial charge in [0.25, 0.3) is 5.91 Å². The van der Waals surface area contributed by atoms with Crippen LogP contribution in [-0.2, 0) is 6.54 Å². The summed E-state index contributed by atoms with van der Waals surface area (Å²) in [5.74, 6) is 1.47.